The van der Waals surface area contributed by atoms with E-state index in [0.717, 1.165) is 19.3 Å². The van der Waals surface area contributed by atoms with Crippen molar-refractivity contribution < 1.29 is 28.9 Å². The zero-order valence-electron chi connectivity index (χ0n) is 20.1. The van der Waals surface area contributed by atoms with Crippen molar-refractivity contribution in [2.75, 3.05) is 52.5 Å². The van der Waals surface area contributed by atoms with Crippen molar-refractivity contribution in [2.45, 2.75) is 46.1 Å². The third-order valence-electron chi connectivity index (χ3n) is 5.44. The molecule has 1 aromatic rings. The highest BCUT2D eigenvalue weighted by atomic mass is 16.5. The van der Waals surface area contributed by atoms with Crippen molar-refractivity contribution in [3.63, 3.8) is 0 Å². The summed E-state index contributed by atoms with van der Waals surface area (Å²) in [4.78, 5) is 26.1. The molecule has 9 nitrogen and oxygen atoms in total. The van der Waals surface area contributed by atoms with Crippen LogP contribution in [0.5, 0.6) is 11.5 Å². The molecule has 9 heteroatoms. The average molecular weight is 466 g/mol. The molecule has 33 heavy (non-hydrogen) atoms. The number of unbranched alkanes of at least 4 members (excludes halogenated alkanes) is 1. The van der Waals surface area contributed by atoms with Gasteiger partial charge in [-0.05, 0) is 44.5 Å². The Kier molecular flexibility index (Phi) is 11.4. The summed E-state index contributed by atoms with van der Waals surface area (Å²) in [7, 11) is 0. The van der Waals surface area contributed by atoms with E-state index in [-0.39, 0.29) is 18.6 Å². The second-order valence-corrected chi connectivity index (χ2v) is 8.85. The Hall–Kier alpha value is -2.36. The number of nitrogens with zero attached hydrogens (tertiary/aromatic N) is 1. The van der Waals surface area contributed by atoms with Crippen LogP contribution in [0.1, 0.15) is 40.0 Å². The van der Waals surface area contributed by atoms with Gasteiger partial charge in [0, 0.05) is 32.7 Å². The number of carbonyl (C=O) groups excluding carboxylic acids is 2. The minimum atomic E-state index is -0.697. The zero-order valence-corrected chi connectivity index (χ0v) is 20.1. The average Bonchev–Trinajstić information content (AvgIpc) is 2.82. The van der Waals surface area contributed by atoms with Gasteiger partial charge in [0.15, 0.2) is 0 Å². The van der Waals surface area contributed by atoms with E-state index in [0.29, 0.717) is 57.4 Å². The maximum Gasteiger partial charge on any atom is 0.317 e. The molecule has 0 saturated carbocycles. The molecule has 1 aliphatic heterocycles. The standard InChI is InChI=1S/C24H39N3O6/c1-4-5-10-24(2,3)22(29)33-21-8-6-20(7-9-21)32-18-19(28)17-25-11-12-26-23(30)27-13-15-31-16-14-27/h6-9,19,25,28H,4-5,10-18H2,1-3H3,(H,26,30)/t19-/m0/s1. The molecule has 0 bridgehead atoms. The van der Waals surface area contributed by atoms with Crippen LogP contribution in [0, 0.1) is 5.41 Å². The summed E-state index contributed by atoms with van der Waals surface area (Å²) in [5.74, 6) is 0.808. The summed E-state index contributed by atoms with van der Waals surface area (Å²) in [6.45, 7) is 9.73. The first kappa shape index (κ1) is 26.9. The SMILES string of the molecule is CCCCC(C)(C)C(=O)Oc1ccc(OC[C@@H](O)CNCCNC(=O)N2CCOCC2)cc1. The molecule has 186 valence electrons. The van der Waals surface area contributed by atoms with Crippen LogP contribution in [0.25, 0.3) is 0 Å². The minimum absolute atomic E-state index is 0.0948. The Morgan fingerprint density at radius 1 is 1.15 bits per heavy atom. The lowest BCUT2D eigenvalue weighted by atomic mass is 9.87. The van der Waals surface area contributed by atoms with Gasteiger partial charge in [0.25, 0.3) is 0 Å². The fourth-order valence-electron chi connectivity index (χ4n) is 3.23. The Balaban J connectivity index is 1.60. The number of rotatable bonds is 13. The Labute approximate surface area is 196 Å². The molecule has 1 fully saturated rings. The Morgan fingerprint density at radius 3 is 2.48 bits per heavy atom. The number of hydrogen-bond donors (Lipinski definition) is 3. The first-order valence-corrected chi connectivity index (χ1v) is 11.8. The molecule has 0 aromatic heterocycles. The molecule has 1 aromatic carbocycles. The third kappa shape index (κ3) is 9.98. The number of hydrogen-bond acceptors (Lipinski definition) is 7. The second-order valence-electron chi connectivity index (χ2n) is 8.85. The minimum Gasteiger partial charge on any atom is -0.491 e. The highest BCUT2D eigenvalue weighted by molar-refractivity contribution is 5.78. The summed E-state index contributed by atoms with van der Waals surface area (Å²) in [6.07, 6.45) is 2.11. The summed E-state index contributed by atoms with van der Waals surface area (Å²) in [6, 6.07) is 6.70. The summed E-state index contributed by atoms with van der Waals surface area (Å²) < 4.78 is 16.3. The molecular formula is C24H39N3O6. The molecule has 2 rings (SSSR count). The number of aliphatic hydroxyl groups is 1. The van der Waals surface area contributed by atoms with E-state index in [4.69, 9.17) is 14.2 Å². The van der Waals surface area contributed by atoms with Crippen molar-refractivity contribution >= 4 is 12.0 Å². The van der Waals surface area contributed by atoms with Gasteiger partial charge in [0.05, 0.1) is 18.6 Å². The molecule has 0 unspecified atom stereocenters. The number of nitrogens with one attached hydrogen (secondary N) is 2. The molecular weight excluding hydrogens is 426 g/mol. The van der Waals surface area contributed by atoms with E-state index in [2.05, 4.69) is 17.6 Å². The first-order chi connectivity index (χ1) is 15.8. The number of benzene rings is 1. The van der Waals surface area contributed by atoms with E-state index in [1.807, 2.05) is 13.8 Å². The van der Waals surface area contributed by atoms with E-state index in [9.17, 15) is 14.7 Å². The molecule has 1 heterocycles. The number of carbonyl (C=O) groups is 2. The lowest BCUT2D eigenvalue weighted by Crippen LogP contribution is -2.47. The van der Waals surface area contributed by atoms with Crippen molar-refractivity contribution in [2.24, 2.45) is 5.41 Å². The molecule has 1 saturated heterocycles. The van der Waals surface area contributed by atoms with E-state index < -0.39 is 11.5 Å². The van der Waals surface area contributed by atoms with Gasteiger partial charge < -0.3 is 34.9 Å². The van der Waals surface area contributed by atoms with Gasteiger partial charge in [0.2, 0.25) is 0 Å². The van der Waals surface area contributed by atoms with Crippen LogP contribution in [-0.2, 0) is 9.53 Å². The van der Waals surface area contributed by atoms with Gasteiger partial charge in [-0.2, -0.15) is 0 Å². The Morgan fingerprint density at radius 2 is 1.82 bits per heavy atom. The first-order valence-electron chi connectivity index (χ1n) is 11.8. The van der Waals surface area contributed by atoms with Crippen LogP contribution >= 0.6 is 0 Å². The number of aliphatic hydroxyl groups excluding tert-OH is 1. The van der Waals surface area contributed by atoms with Gasteiger partial charge in [-0.1, -0.05) is 19.8 Å². The molecule has 3 N–H and O–H groups in total. The quantitative estimate of drug-likeness (QED) is 0.233. The van der Waals surface area contributed by atoms with Gasteiger partial charge in [-0.3, -0.25) is 4.79 Å². The molecule has 0 radical (unpaired) electrons. The van der Waals surface area contributed by atoms with Crippen LogP contribution in [0.15, 0.2) is 24.3 Å². The number of esters is 1. The van der Waals surface area contributed by atoms with Crippen molar-refractivity contribution in [3.05, 3.63) is 24.3 Å². The topological polar surface area (TPSA) is 109 Å². The maximum atomic E-state index is 12.4. The van der Waals surface area contributed by atoms with Crippen LogP contribution in [0.2, 0.25) is 0 Å². The van der Waals surface area contributed by atoms with Crippen LogP contribution < -0.4 is 20.1 Å². The van der Waals surface area contributed by atoms with Crippen molar-refractivity contribution in [3.8, 4) is 11.5 Å². The van der Waals surface area contributed by atoms with E-state index in [1.165, 1.54) is 0 Å². The fraction of sp³-hybridized carbons (Fsp3) is 0.667. The van der Waals surface area contributed by atoms with Crippen LogP contribution in [0.3, 0.4) is 0 Å². The number of morpholine rings is 1. The smallest absolute Gasteiger partial charge is 0.317 e. The number of amides is 2. The number of urea groups is 1. The molecule has 1 aliphatic rings. The van der Waals surface area contributed by atoms with Gasteiger partial charge in [-0.15, -0.1) is 0 Å². The maximum absolute atomic E-state index is 12.4. The normalized spacial score (nSPS) is 15.1. The lowest BCUT2D eigenvalue weighted by Gasteiger charge is -2.27. The largest absolute Gasteiger partial charge is 0.491 e. The monoisotopic (exact) mass is 465 g/mol. The van der Waals surface area contributed by atoms with Gasteiger partial charge >= 0.3 is 12.0 Å². The lowest BCUT2D eigenvalue weighted by molar-refractivity contribution is -0.144. The Bertz CT molecular complexity index is 719. The fourth-order valence-corrected chi connectivity index (χ4v) is 3.23. The van der Waals surface area contributed by atoms with Gasteiger partial charge in [0.1, 0.15) is 24.2 Å². The van der Waals surface area contributed by atoms with Crippen molar-refractivity contribution in [1.82, 2.24) is 15.5 Å². The molecule has 2 amide bonds. The number of ether oxygens (including phenoxy) is 3. The molecule has 0 spiro atoms. The van der Waals surface area contributed by atoms with Crippen LogP contribution in [-0.4, -0.2) is 80.7 Å². The van der Waals surface area contributed by atoms with Gasteiger partial charge in [-0.25, -0.2) is 4.79 Å². The van der Waals surface area contributed by atoms with E-state index in [1.54, 1.807) is 29.2 Å². The molecule has 0 aliphatic carbocycles. The third-order valence-corrected chi connectivity index (χ3v) is 5.44. The van der Waals surface area contributed by atoms with Crippen molar-refractivity contribution in [1.29, 1.82) is 0 Å². The van der Waals surface area contributed by atoms with Crippen LogP contribution in [0.4, 0.5) is 4.79 Å². The predicted molar refractivity (Wildman–Crippen MR) is 126 cm³/mol. The summed E-state index contributed by atoms with van der Waals surface area (Å²) in [5.41, 5.74) is -0.520. The highest BCUT2D eigenvalue weighted by Crippen LogP contribution is 2.27. The molecule has 1 atom stereocenters. The summed E-state index contributed by atoms with van der Waals surface area (Å²) >= 11 is 0. The second kappa shape index (κ2) is 14.0. The highest BCUT2D eigenvalue weighted by Gasteiger charge is 2.29. The predicted octanol–water partition coefficient (Wildman–Crippen LogP) is 2.18. The van der Waals surface area contributed by atoms with E-state index >= 15 is 0 Å². The zero-order chi connectivity index (χ0) is 24.1. The summed E-state index contributed by atoms with van der Waals surface area (Å²) in [5, 5.41) is 16.0.